The molecule has 4 N–H and O–H groups in total. The number of carbonyl (C=O) groups is 1. The van der Waals surface area contributed by atoms with Gasteiger partial charge in [0, 0.05) is 17.1 Å². The Hall–Kier alpha value is -4.04. The maximum Gasteiger partial charge on any atom is 0.307 e. The Morgan fingerprint density at radius 3 is 2.65 bits per heavy atom. The predicted molar refractivity (Wildman–Crippen MR) is 157 cm³/mol. The van der Waals surface area contributed by atoms with Crippen LogP contribution in [-0.2, 0) is 14.3 Å². The molecule has 1 heterocycles. The third-order valence-electron chi connectivity index (χ3n) is 6.42. The molecule has 0 spiro atoms. The molecule has 0 amide bonds. The van der Waals surface area contributed by atoms with Gasteiger partial charge in [0.1, 0.15) is 31.0 Å². The summed E-state index contributed by atoms with van der Waals surface area (Å²) in [5.74, 6) is -0.785. The second kappa shape index (κ2) is 14.4. The monoisotopic (exact) mass is 566 g/mol. The number of nitrogens with zero attached hydrogens (tertiary/aromatic N) is 1. The molecule has 0 bridgehead atoms. The number of aliphatic carboxylic acids is 1. The van der Waals surface area contributed by atoms with Gasteiger partial charge in [-0.2, -0.15) is 0 Å². The fourth-order valence-corrected chi connectivity index (χ4v) is 4.42. The van der Waals surface area contributed by atoms with Crippen LogP contribution in [-0.4, -0.2) is 46.1 Å². The highest BCUT2D eigenvalue weighted by atomic mass is 35.5. The minimum Gasteiger partial charge on any atom is -0.512 e. The van der Waals surface area contributed by atoms with E-state index in [9.17, 15) is 15.0 Å². The number of halogens is 1. The number of ether oxygens (including phenoxy) is 2. The van der Waals surface area contributed by atoms with Gasteiger partial charge in [-0.25, -0.2) is 4.99 Å². The van der Waals surface area contributed by atoms with Gasteiger partial charge in [-0.15, -0.1) is 0 Å². The van der Waals surface area contributed by atoms with Crippen LogP contribution >= 0.6 is 11.6 Å². The molecule has 1 aliphatic heterocycles. The topological polar surface area (TPSA) is 132 Å². The minimum absolute atomic E-state index is 0.00888. The number of hydrogen-bond acceptors (Lipinski definition) is 7. The van der Waals surface area contributed by atoms with Crippen molar-refractivity contribution in [3.05, 3.63) is 105 Å². The van der Waals surface area contributed by atoms with E-state index in [1.54, 1.807) is 18.2 Å². The van der Waals surface area contributed by atoms with E-state index in [4.69, 9.17) is 31.6 Å². The van der Waals surface area contributed by atoms with E-state index < -0.39 is 5.97 Å². The molecule has 0 aromatic heterocycles. The molecule has 3 rings (SSSR count). The van der Waals surface area contributed by atoms with Crippen LogP contribution in [0, 0.1) is 18.3 Å². The Labute approximate surface area is 239 Å². The van der Waals surface area contributed by atoms with Gasteiger partial charge in [0.15, 0.2) is 0 Å². The van der Waals surface area contributed by atoms with Gasteiger partial charge in [0.25, 0.3) is 0 Å². The second-order valence-electron chi connectivity index (χ2n) is 9.59. The number of hydrogen-bond donors (Lipinski definition) is 4. The third-order valence-corrected chi connectivity index (χ3v) is 6.74. The lowest BCUT2D eigenvalue weighted by Crippen LogP contribution is -2.17. The standard InChI is InChI=1S/C31H35ClN2O6/c1-4-7-27(34-23-13-10-20(16-39-17-23)14-26(35)21(5-2)15-28(36)37)40-18-24(31(38)22-11-12-22)30(33)29-19(3)8-6-9-25(29)32/h4-9,14,17,22,33,35,38H,2,10-13,15-16,18H2,1,3H3,(H,36,37)/b7-4-,20-14-,26-21-,31-24-,33-30?,34-27+. The molecular weight excluding hydrogens is 532 g/mol. The van der Waals surface area contributed by atoms with E-state index in [0.717, 1.165) is 24.0 Å². The van der Waals surface area contributed by atoms with E-state index in [2.05, 4.69) is 11.6 Å². The fourth-order valence-electron chi connectivity index (χ4n) is 4.10. The highest BCUT2D eigenvalue weighted by Gasteiger charge is 2.31. The molecule has 9 heteroatoms. The van der Waals surface area contributed by atoms with Crippen LogP contribution in [0.4, 0.5) is 0 Å². The number of carboxylic acid groups (broad SMARTS) is 1. The summed E-state index contributed by atoms with van der Waals surface area (Å²) in [5.41, 5.74) is 3.45. The zero-order valence-electron chi connectivity index (χ0n) is 22.7. The third kappa shape index (κ3) is 8.48. The second-order valence-corrected chi connectivity index (χ2v) is 10.00. The number of nitrogens with one attached hydrogen (secondary N) is 1. The van der Waals surface area contributed by atoms with Gasteiger partial charge in [0.2, 0.25) is 5.90 Å². The Morgan fingerprint density at radius 1 is 1.27 bits per heavy atom. The largest absolute Gasteiger partial charge is 0.512 e. The number of aliphatic hydroxyl groups excluding tert-OH is 2. The van der Waals surface area contributed by atoms with Crippen molar-refractivity contribution < 1.29 is 29.6 Å². The molecule has 1 aliphatic carbocycles. The summed E-state index contributed by atoms with van der Waals surface area (Å²) in [6.45, 7) is 7.41. The van der Waals surface area contributed by atoms with Crippen molar-refractivity contribution in [2.24, 2.45) is 10.9 Å². The first-order valence-electron chi connectivity index (χ1n) is 13.0. The first-order chi connectivity index (χ1) is 19.1. The summed E-state index contributed by atoms with van der Waals surface area (Å²) >= 11 is 6.42. The zero-order chi connectivity index (χ0) is 29.2. The first kappa shape index (κ1) is 30.5. The molecular formula is C31H35ClN2O6. The molecule has 8 nitrogen and oxygen atoms in total. The van der Waals surface area contributed by atoms with Crippen molar-refractivity contribution in [3.8, 4) is 0 Å². The summed E-state index contributed by atoms with van der Waals surface area (Å²) in [6.07, 6.45) is 10.2. The van der Waals surface area contributed by atoms with Crippen molar-refractivity contribution in [3.63, 3.8) is 0 Å². The molecule has 1 aromatic carbocycles. The Balaban J connectivity index is 1.78. The molecule has 0 atom stereocenters. The number of aliphatic hydroxyl groups is 2. The van der Waals surface area contributed by atoms with Gasteiger partial charge < -0.3 is 24.8 Å². The number of rotatable bonds is 11. The Bertz CT molecular complexity index is 1330. The van der Waals surface area contributed by atoms with Crippen LogP contribution in [0.15, 0.2) is 94.3 Å². The molecule has 0 saturated heterocycles. The maximum absolute atomic E-state index is 11.0. The molecule has 2 aliphatic rings. The molecule has 212 valence electrons. The molecule has 0 radical (unpaired) electrons. The number of carboxylic acids is 1. The zero-order valence-corrected chi connectivity index (χ0v) is 23.5. The molecule has 1 saturated carbocycles. The van der Waals surface area contributed by atoms with Gasteiger partial charge in [0.05, 0.1) is 28.4 Å². The quantitative estimate of drug-likeness (QED) is 0.0962. The minimum atomic E-state index is -1.06. The molecule has 40 heavy (non-hydrogen) atoms. The van der Waals surface area contributed by atoms with E-state index in [1.807, 2.05) is 26.0 Å². The van der Waals surface area contributed by atoms with E-state index >= 15 is 0 Å². The van der Waals surface area contributed by atoms with E-state index in [-0.39, 0.29) is 54.3 Å². The fraction of sp³-hybridized carbons (Fsp3) is 0.323. The summed E-state index contributed by atoms with van der Waals surface area (Å²) in [7, 11) is 0. The normalized spacial score (nSPS) is 18.3. The van der Waals surface area contributed by atoms with Crippen LogP contribution in [0.5, 0.6) is 0 Å². The maximum atomic E-state index is 11.0. The van der Waals surface area contributed by atoms with Gasteiger partial charge >= 0.3 is 5.97 Å². The number of benzene rings is 1. The highest BCUT2D eigenvalue weighted by Crippen LogP contribution is 2.38. The number of aryl methyl sites for hydroxylation is 1. The van der Waals surface area contributed by atoms with Gasteiger partial charge in [-0.05, 0) is 68.9 Å². The first-order valence-corrected chi connectivity index (χ1v) is 13.4. The van der Waals surface area contributed by atoms with Crippen LogP contribution in [0.2, 0.25) is 5.02 Å². The Kier molecular flexibility index (Phi) is 11.0. The molecule has 1 fully saturated rings. The van der Waals surface area contributed by atoms with Crippen molar-refractivity contribution in [2.75, 3.05) is 13.2 Å². The summed E-state index contributed by atoms with van der Waals surface area (Å²) in [6, 6.07) is 5.41. The smallest absolute Gasteiger partial charge is 0.307 e. The van der Waals surface area contributed by atoms with Crippen LogP contribution in [0.1, 0.15) is 50.2 Å². The van der Waals surface area contributed by atoms with Crippen molar-refractivity contribution in [2.45, 2.75) is 46.0 Å². The average Bonchev–Trinajstić information content (AvgIpc) is 3.76. The summed E-state index contributed by atoms with van der Waals surface area (Å²) < 4.78 is 11.6. The van der Waals surface area contributed by atoms with Gasteiger partial charge in [-0.1, -0.05) is 42.5 Å². The predicted octanol–water partition coefficient (Wildman–Crippen LogP) is 7.28. The van der Waals surface area contributed by atoms with Crippen LogP contribution in [0.25, 0.3) is 0 Å². The summed E-state index contributed by atoms with van der Waals surface area (Å²) in [4.78, 5) is 15.6. The number of allylic oxidation sites excluding steroid dienone is 5. The number of aliphatic imine (C=N–C) groups is 1. The lowest BCUT2D eigenvalue weighted by molar-refractivity contribution is -0.136. The van der Waals surface area contributed by atoms with Crippen molar-refractivity contribution >= 4 is 29.2 Å². The summed E-state index contributed by atoms with van der Waals surface area (Å²) in [5, 5.41) is 39.6. The van der Waals surface area contributed by atoms with Crippen LogP contribution in [0.3, 0.4) is 0 Å². The van der Waals surface area contributed by atoms with Crippen molar-refractivity contribution in [1.82, 2.24) is 0 Å². The SMILES string of the molecule is C=C/C(CC(=O)O)=C(O)\C=C1\CCC(/N=C(\C=C/C)OC/C(C(=N)c2c(C)cccc2Cl)=C(/O)C2CC2)=COC1. The van der Waals surface area contributed by atoms with Gasteiger partial charge in [-0.3, -0.25) is 10.2 Å². The average molecular weight is 567 g/mol. The molecule has 1 aromatic rings. The van der Waals surface area contributed by atoms with E-state index in [1.165, 1.54) is 18.4 Å². The lowest BCUT2D eigenvalue weighted by atomic mass is 9.96. The highest BCUT2D eigenvalue weighted by molar-refractivity contribution is 6.35. The Morgan fingerprint density at radius 2 is 2.02 bits per heavy atom. The van der Waals surface area contributed by atoms with Crippen molar-refractivity contribution in [1.29, 1.82) is 5.41 Å². The van der Waals surface area contributed by atoms with E-state index in [0.29, 0.717) is 34.7 Å². The van der Waals surface area contributed by atoms with Crippen LogP contribution < -0.4 is 0 Å². The molecule has 0 unspecified atom stereocenters. The lowest BCUT2D eigenvalue weighted by Gasteiger charge is -2.16.